The number of nitrogens with zero attached hydrogens (tertiary/aromatic N) is 1. The third-order valence-corrected chi connectivity index (χ3v) is 14.3. The van der Waals surface area contributed by atoms with Gasteiger partial charge >= 0.3 is 0 Å². The summed E-state index contributed by atoms with van der Waals surface area (Å²) in [6.07, 6.45) is 1.69. The molecule has 2 nitrogen and oxygen atoms in total. The van der Waals surface area contributed by atoms with Gasteiger partial charge in [-0.05, 0) is 139 Å². The van der Waals surface area contributed by atoms with Gasteiger partial charge < -0.3 is 9.32 Å². The van der Waals surface area contributed by atoms with E-state index in [1.54, 1.807) is 18.4 Å². The normalized spacial score (nSPS) is 13.7. The highest BCUT2D eigenvalue weighted by Gasteiger charge is 2.48. The van der Waals surface area contributed by atoms with Crippen LogP contribution in [0.1, 0.15) is 44.5 Å². The molecule has 1 heterocycles. The van der Waals surface area contributed by atoms with Gasteiger partial charge in [-0.2, -0.15) is 0 Å². The SMILES string of the molecule is Fc1cc(-c2ccc3occc3c2)cc(N(c2ccc3c(c2)-c2ccccc2C3(c2ccccc2)c2ccccc2)c2ccc3c(c2)C(c2ccccc2)(c2ccccc2)c2ccccc2-3)c1. The highest BCUT2D eigenvalue weighted by molar-refractivity contribution is 5.93. The number of benzene rings is 10. The Morgan fingerprint density at radius 3 is 1.43 bits per heavy atom. The molecule has 0 saturated carbocycles. The molecule has 0 radical (unpaired) electrons. The number of hydrogen-bond acceptors (Lipinski definition) is 2. The molecular weight excluding hydrogens is 818 g/mol. The van der Waals surface area contributed by atoms with Crippen LogP contribution in [0.5, 0.6) is 0 Å². The molecule has 0 atom stereocenters. The first-order chi connectivity index (χ1) is 33.1. The Morgan fingerprint density at radius 2 is 0.821 bits per heavy atom. The predicted molar refractivity (Wildman–Crippen MR) is 271 cm³/mol. The van der Waals surface area contributed by atoms with Crippen LogP contribution < -0.4 is 4.90 Å². The Bertz CT molecular complexity index is 3570. The topological polar surface area (TPSA) is 16.4 Å². The summed E-state index contributed by atoms with van der Waals surface area (Å²) in [7, 11) is 0. The van der Waals surface area contributed by atoms with Gasteiger partial charge in [0.2, 0.25) is 0 Å². The van der Waals surface area contributed by atoms with Crippen molar-refractivity contribution < 1.29 is 8.81 Å². The van der Waals surface area contributed by atoms with Crippen molar-refractivity contribution in [3.05, 3.63) is 305 Å². The minimum absolute atomic E-state index is 0.319. The summed E-state index contributed by atoms with van der Waals surface area (Å²) < 4.78 is 22.3. The van der Waals surface area contributed by atoms with Crippen LogP contribution in [0.25, 0.3) is 44.3 Å². The molecule has 1 aromatic heterocycles. The highest BCUT2D eigenvalue weighted by Crippen LogP contribution is 2.59. The Balaban J connectivity index is 1.08. The molecule has 11 aromatic rings. The van der Waals surface area contributed by atoms with Crippen LogP contribution in [0, 0.1) is 5.82 Å². The van der Waals surface area contributed by atoms with E-state index in [-0.39, 0.29) is 5.82 Å². The molecule has 2 aliphatic carbocycles. The van der Waals surface area contributed by atoms with Crippen LogP contribution in [-0.2, 0) is 10.8 Å². The average molecular weight is 860 g/mol. The number of furan rings is 1. The van der Waals surface area contributed by atoms with E-state index in [0.29, 0.717) is 5.69 Å². The lowest BCUT2D eigenvalue weighted by Crippen LogP contribution is -2.29. The summed E-state index contributed by atoms with van der Waals surface area (Å²) in [5.74, 6) is -0.319. The third kappa shape index (κ3) is 5.81. The van der Waals surface area contributed by atoms with Gasteiger partial charge in [0, 0.05) is 22.4 Å². The van der Waals surface area contributed by atoms with Crippen LogP contribution in [0.4, 0.5) is 21.5 Å². The maximum atomic E-state index is 16.6. The van der Waals surface area contributed by atoms with E-state index in [1.807, 2.05) is 18.2 Å². The van der Waals surface area contributed by atoms with Crippen LogP contribution >= 0.6 is 0 Å². The fourth-order valence-corrected chi connectivity index (χ4v) is 11.6. The molecule has 0 aliphatic heterocycles. The van der Waals surface area contributed by atoms with Crippen LogP contribution in [-0.4, -0.2) is 0 Å². The molecule has 3 heteroatoms. The molecule has 2 aliphatic rings. The first-order valence-corrected chi connectivity index (χ1v) is 22.9. The monoisotopic (exact) mass is 859 g/mol. The molecular formula is C64H42FNO. The Morgan fingerprint density at radius 1 is 0.328 bits per heavy atom. The first-order valence-electron chi connectivity index (χ1n) is 22.9. The molecule has 10 aromatic carbocycles. The van der Waals surface area contributed by atoms with Gasteiger partial charge in [0.25, 0.3) is 0 Å². The van der Waals surface area contributed by atoms with Crippen molar-refractivity contribution in [3.63, 3.8) is 0 Å². The van der Waals surface area contributed by atoms with E-state index < -0.39 is 10.8 Å². The number of hydrogen-bond donors (Lipinski definition) is 0. The molecule has 13 rings (SSSR count). The van der Waals surface area contributed by atoms with Crippen LogP contribution in [0.15, 0.2) is 259 Å². The summed E-state index contributed by atoms with van der Waals surface area (Å²) in [6.45, 7) is 0. The van der Waals surface area contributed by atoms with E-state index in [1.165, 1.54) is 61.2 Å². The minimum atomic E-state index is -0.620. The summed E-state index contributed by atoms with van der Waals surface area (Å²) in [6, 6.07) is 88.3. The largest absolute Gasteiger partial charge is 0.464 e. The molecule has 0 N–H and O–H groups in total. The zero-order valence-corrected chi connectivity index (χ0v) is 36.5. The van der Waals surface area contributed by atoms with Crippen molar-refractivity contribution in [2.75, 3.05) is 4.90 Å². The molecule has 0 fully saturated rings. The highest BCUT2D eigenvalue weighted by atomic mass is 19.1. The molecule has 0 amide bonds. The molecule has 67 heavy (non-hydrogen) atoms. The Labute approximate surface area is 389 Å². The predicted octanol–water partition coefficient (Wildman–Crippen LogP) is 16.4. The van der Waals surface area contributed by atoms with E-state index >= 15 is 4.39 Å². The van der Waals surface area contributed by atoms with Crippen molar-refractivity contribution in [1.82, 2.24) is 0 Å². The second kappa shape index (κ2) is 15.3. The maximum absolute atomic E-state index is 16.6. The molecule has 0 unspecified atom stereocenters. The number of anilines is 3. The van der Waals surface area contributed by atoms with Crippen LogP contribution in [0.2, 0.25) is 0 Å². The van der Waals surface area contributed by atoms with E-state index in [0.717, 1.165) is 39.0 Å². The summed E-state index contributed by atoms with van der Waals surface area (Å²) in [5.41, 5.74) is 18.2. The van der Waals surface area contributed by atoms with Gasteiger partial charge in [-0.1, -0.05) is 188 Å². The lowest BCUT2D eigenvalue weighted by molar-refractivity contribution is 0.616. The zero-order chi connectivity index (χ0) is 44.5. The summed E-state index contributed by atoms with van der Waals surface area (Å²) in [5, 5.41) is 0.967. The van der Waals surface area contributed by atoms with Gasteiger partial charge in [0.05, 0.1) is 17.1 Å². The van der Waals surface area contributed by atoms with E-state index in [9.17, 15) is 0 Å². The van der Waals surface area contributed by atoms with Crippen LogP contribution in [0.3, 0.4) is 0 Å². The molecule has 0 saturated heterocycles. The average Bonchev–Trinajstić information content (AvgIpc) is 4.07. The van der Waals surface area contributed by atoms with Crippen molar-refractivity contribution in [3.8, 4) is 33.4 Å². The Hall–Kier alpha value is -8.53. The molecule has 0 bridgehead atoms. The second-order valence-electron chi connectivity index (χ2n) is 17.7. The molecule has 316 valence electrons. The standard InChI is InChI=1S/C64H42FNO/c65-50-38-45(43-29-34-62-44(37-43)35-36-67-62)39-53(40-50)66(51-31-33-60-57(41-51)55-26-14-16-28-59(55)63(60,46-17-5-1-6-18-46)47-19-7-2-8-20-47)52-30-32-56-54-25-13-15-27-58(54)64(61(56)42-52,48-21-9-3-10-22-48)49-23-11-4-12-24-49/h1-42H. The van der Waals surface area contributed by atoms with Crippen molar-refractivity contribution in [2.24, 2.45) is 0 Å². The lowest BCUT2D eigenvalue weighted by Gasteiger charge is -2.35. The van der Waals surface area contributed by atoms with Gasteiger partial charge in [-0.3, -0.25) is 0 Å². The van der Waals surface area contributed by atoms with Gasteiger partial charge in [0.15, 0.2) is 0 Å². The van der Waals surface area contributed by atoms with Crippen molar-refractivity contribution in [2.45, 2.75) is 10.8 Å². The fourth-order valence-electron chi connectivity index (χ4n) is 11.6. The quantitative estimate of drug-likeness (QED) is 0.151. The van der Waals surface area contributed by atoms with Crippen molar-refractivity contribution >= 4 is 28.0 Å². The van der Waals surface area contributed by atoms with Crippen molar-refractivity contribution in [1.29, 1.82) is 0 Å². The van der Waals surface area contributed by atoms with Gasteiger partial charge in [-0.15, -0.1) is 0 Å². The second-order valence-corrected chi connectivity index (χ2v) is 17.7. The van der Waals surface area contributed by atoms with E-state index in [4.69, 9.17) is 4.42 Å². The van der Waals surface area contributed by atoms with Gasteiger partial charge in [-0.25, -0.2) is 4.39 Å². The zero-order valence-electron chi connectivity index (χ0n) is 36.5. The molecule has 0 spiro atoms. The Kier molecular flexibility index (Phi) is 8.88. The fraction of sp³-hybridized carbons (Fsp3) is 0.0312. The summed E-state index contributed by atoms with van der Waals surface area (Å²) in [4.78, 5) is 2.25. The number of halogens is 1. The van der Waals surface area contributed by atoms with Gasteiger partial charge in [0.1, 0.15) is 11.4 Å². The number of rotatable bonds is 8. The third-order valence-electron chi connectivity index (χ3n) is 14.3. The maximum Gasteiger partial charge on any atom is 0.133 e. The van der Waals surface area contributed by atoms with E-state index in [2.05, 4.69) is 223 Å². The minimum Gasteiger partial charge on any atom is -0.464 e. The lowest BCUT2D eigenvalue weighted by atomic mass is 9.67. The smallest absolute Gasteiger partial charge is 0.133 e. The first kappa shape index (κ1) is 38.9. The number of fused-ring (bicyclic) bond motifs is 7. The summed E-state index contributed by atoms with van der Waals surface area (Å²) >= 11 is 0.